The van der Waals surface area contributed by atoms with Crippen molar-refractivity contribution in [1.82, 2.24) is 4.98 Å². The molecule has 4 rings (SSSR count). The molecule has 0 aliphatic heterocycles. The fourth-order valence-electron chi connectivity index (χ4n) is 3.23. The maximum absolute atomic E-state index is 10.0. The Kier molecular flexibility index (Phi) is 6.63. The Bertz CT molecular complexity index is 1260. The summed E-state index contributed by atoms with van der Waals surface area (Å²) >= 11 is 13.9. The van der Waals surface area contributed by atoms with Gasteiger partial charge in [-0.3, -0.25) is 0 Å². The van der Waals surface area contributed by atoms with Gasteiger partial charge in [-0.1, -0.05) is 83.4 Å². The average molecular weight is 461 g/mol. The smallest absolute Gasteiger partial charge is 0.115 e. The largest absolute Gasteiger partial charge is 0.240 e. The van der Waals surface area contributed by atoms with E-state index in [1.807, 2.05) is 54.6 Å². The van der Waals surface area contributed by atoms with Crippen LogP contribution in [0, 0.1) is 18.3 Å². The molecule has 31 heavy (non-hydrogen) atoms. The zero-order valence-corrected chi connectivity index (χ0v) is 19.1. The Labute approximate surface area is 196 Å². The predicted octanol–water partition coefficient (Wildman–Crippen LogP) is 8.19. The van der Waals surface area contributed by atoms with Gasteiger partial charge in [-0.15, -0.1) is 11.8 Å². The number of hydrogen-bond acceptors (Lipinski definition) is 3. The number of aryl methyl sites for hydroxylation is 1. The van der Waals surface area contributed by atoms with E-state index in [0.29, 0.717) is 26.4 Å². The first kappa shape index (κ1) is 21.5. The van der Waals surface area contributed by atoms with E-state index in [1.165, 1.54) is 17.3 Å². The molecule has 152 valence electrons. The minimum absolute atomic E-state index is 0.551. The summed E-state index contributed by atoms with van der Waals surface area (Å²) in [5, 5.41) is 12.1. The van der Waals surface area contributed by atoms with E-state index in [2.05, 4.69) is 37.3 Å². The molecule has 5 heteroatoms. The van der Waals surface area contributed by atoms with Gasteiger partial charge >= 0.3 is 0 Å². The molecule has 0 aliphatic rings. The second kappa shape index (κ2) is 9.58. The zero-order valence-electron chi connectivity index (χ0n) is 16.8. The van der Waals surface area contributed by atoms with Crippen LogP contribution in [0.25, 0.3) is 22.4 Å². The molecule has 1 heterocycles. The molecule has 0 spiro atoms. The summed E-state index contributed by atoms with van der Waals surface area (Å²) in [5.41, 5.74) is 6.34. The first-order valence-electron chi connectivity index (χ1n) is 9.69. The topological polar surface area (TPSA) is 36.7 Å². The molecular weight excluding hydrogens is 443 g/mol. The van der Waals surface area contributed by atoms with Crippen molar-refractivity contribution in [2.75, 3.05) is 0 Å². The Balaban J connectivity index is 1.83. The fourth-order valence-corrected chi connectivity index (χ4v) is 4.64. The molecule has 0 aliphatic carbocycles. The van der Waals surface area contributed by atoms with Gasteiger partial charge in [-0.25, -0.2) is 4.98 Å². The van der Waals surface area contributed by atoms with Gasteiger partial charge < -0.3 is 0 Å². The quantitative estimate of drug-likeness (QED) is 0.281. The summed E-state index contributed by atoms with van der Waals surface area (Å²) in [7, 11) is 0. The number of rotatable bonds is 5. The lowest BCUT2D eigenvalue weighted by Crippen LogP contribution is -1.96. The highest BCUT2D eigenvalue weighted by atomic mass is 35.5. The molecule has 0 bridgehead atoms. The summed E-state index contributed by atoms with van der Waals surface area (Å²) in [4.78, 5) is 4.86. The highest BCUT2D eigenvalue weighted by Gasteiger charge is 2.16. The van der Waals surface area contributed by atoms with Crippen molar-refractivity contribution in [1.29, 1.82) is 5.26 Å². The minimum atomic E-state index is 0.551. The van der Waals surface area contributed by atoms with Crippen LogP contribution in [0.15, 0.2) is 83.9 Å². The molecule has 0 atom stereocenters. The van der Waals surface area contributed by atoms with Crippen LogP contribution in [0.5, 0.6) is 0 Å². The van der Waals surface area contributed by atoms with Crippen LogP contribution in [0.2, 0.25) is 10.0 Å². The highest BCUT2D eigenvalue weighted by Crippen LogP contribution is 2.36. The number of benzene rings is 3. The molecule has 1 aromatic heterocycles. The minimum Gasteiger partial charge on any atom is -0.240 e. The van der Waals surface area contributed by atoms with E-state index in [9.17, 15) is 5.26 Å². The standard InChI is InChI=1S/C26H18Cl2N2S/c1-17-6-8-19(9-7-17)25-14-22(18-10-12-21(27)13-11-18)23(15-29)26(30-25)31-16-20-4-2-3-5-24(20)28/h2-14H,16H2,1H3. The van der Waals surface area contributed by atoms with Crippen molar-refractivity contribution in [3.8, 4) is 28.5 Å². The SMILES string of the molecule is Cc1ccc(-c2cc(-c3ccc(Cl)cc3)c(C#N)c(SCc3ccccc3Cl)n2)cc1. The molecular formula is C26H18Cl2N2S. The van der Waals surface area contributed by atoms with Crippen LogP contribution >= 0.6 is 35.0 Å². The lowest BCUT2D eigenvalue weighted by atomic mass is 9.99. The number of halogens is 2. The van der Waals surface area contributed by atoms with Gasteiger partial charge in [0.25, 0.3) is 0 Å². The lowest BCUT2D eigenvalue weighted by molar-refractivity contribution is 1.12. The normalized spacial score (nSPS) is 10.6. The van der Waals surface area contributed by atoms with E-state index in [-0.39, 0.29) is 0 Å². The summed E-state index contributed by atoms with van der Waals surface area (Å²) in [5.74, 6) is 0.624. The Morgan fingerprint density at radius 3 is 2.26 bits per heavy atom. The molecule has 0 N–H and O–H groups in total. The van der Waals surface area contributed by atoms with Crippen molar-refractivity contribution in [2.45, 2.75) is 17.7 Å². The summed E-state index contributed by atoms with van der Waals surface area (Å²) in [6.07, 6.45) is 0. The van der Waals surface area contributed by atoms with Crippen molar-refractivity contribution >= 4 is 35.0 Å². The molecule has 3 aromatic carbocycles. The Hall–Kier alpha value is -2.77. The summed E-state index contributed by atoms with van der Waals surface area (Å²) in [6.45, 7) is 2.06. The van der Waals surface area contributed by atoms with E-state index >= 15 is 0 Å². The zero-order chi connectivity index (χ0) is 21.8. The molecule has 0 saturated heterocycles. The van der Waals surface area contributed by atoms with Gasteiger partial charge in [0.1, 0.15) is 11.1 Å². The third-order valence-electron chi connectivity index (χ3n) is 4.92. The molecule has 0 radical (unpaired) electrons. The molecule has 0 amide bonds. The number of pyridine rings is 1. The maximum atomic E-state index is 10.0. The van der Waals surface area contributed by atoms with Gasteiger partial charge in [-0.2, -0.15) is 5.26 Å². The molecule has 2 nitrogen and oxygen atoms in total. The van der Waals surface area contributed by atoms with E-state index in [4.69, 9.17) is 28.2 Å². The molecule has 4 aromatic rings. The molecule has 0 saturated carbocycles. The number of thioether (sulfide) groups is 1. The van der Waals surface area contributed by atoms with Gasteiger partial charge in [0, 0.05) is 26.9 Å². The second-order valence-corrected chi connectivity index (χ2v) is 8.91. The average Bonchev–Trinajstić information content (AvgIpc) is 2.79. The van der Waals surface area contributed by atoms with Crippen LogP contribution in [0.3, 0.4) is 0 Å². The maximum Gasteiger partial charge on any atom is 0.115 e. The predicted molar refractivity (Wildman–Crippen MR) is 131 cm³/mol. The van der Waals surface area contributed by atoms with Gasteiger partial charge in [0.15, 0.2) is 0 Å². The van der Waals surface area contributed by atoms with Gasteiger partial charge in [0.05, 0.1) is 11.3 Å². The Morgan fingerprint density at radius 1 is 0.903 bits per heavy atom. The highest BCUT2D eigenvalue weighted by molar-refractivity contribution is 7.98. The van der Waals surface area contributed by atoms with E-state index in [1.54, 1.807) is 0 Å². The van der Waals surface area contributed by atoms with Crippen molar-refractivity contribution in [3.63, 3.8) is 0 Å². The number of hydrogen-bond donors (Lipinski definition) is 0. The number of nitrogens with zero attached hydrogens (tertiary/aromatic N) is 2. The van der Waals surface area contributed by atoms with Crippen molar-refractivity contribution in [3.05, 3.63) is 106 Å². The van der Waals surface area contributed by atoms with Crippen LogP contribution in [-0.4, -0.2) is 4.98 Å². The number of nitriles is 1. The lowest BCUT2D eigenvalue weighted by Gasteiger charge is -2.13. The van der Waals surface area contributed by atoms with Crippen LogP contribution in [0.1, 0.15) is 16.7 Å². The van der Waals surface area contributed by atoms with Crippen LogP contribution in [-0.2, 0) is 5.75 Å². The fraction of sp³-hybridized carbons (Fsp3) is 0.0769. The summed E-state index contributed by atoms with van der Waals surface area (Å²) in [6, 6.07) is 27.8. The summed E-state index contributed by atoms with van der Waals surface area (Å²) < 4.78 is 0. The van der Waals surface area contributed by atoms with Crippen molar-refractivity contribution in [2.24, 2.45) is 0 Å². The third-order valence-corrected chi connectivity index (χ3v) is 6.57. The third kappa shape index (κ3) is 4.94. The van der Waals surface area contributed by atoms with E-state index in [0.717, 1.165) is 27.9 Å². The van der Waals surface area contributed by atoms with Crippen molar-refractivity contribution < 1.29 is 0 Å². The van der Waals surface area contributed by atoms with Crippen LogP contribution < -0.4 is 0 Å². The Morgan fingerprint density at radius 2 is 1.58 bits per heavy atom. The monoisotopic (exact) mass is 460 g/mol. The first-order chi connectivity index (χ1) is 15.0. The number of aromatic nitrogens is 1. The van der Waals surface area contributed by atoms with Gasteiger partial charge in [-0.05, 0) is 42.3 Å². The van der Waals surface area contributed by atoms with E-state index < -0.39 is 0 Å². The molecule has 0 fully saturated rings. The first-order valence-corrected chi connectivity index (χ1v) is 11.4. The molecule has 0 unspecified atom stereocenters. The van der Waals surface area contributed by atoms with Gasteiger partial charge in [0.2, 0.25) is 0 Å². The van der Waals surface area contributed by atoms with Crippen LogP contribution in [0.4, 0.5) is 0 Å². The second-order valence-electron chi connectivity index (χ2n) is 7.10.